The second-order valence-corrected chi connectivity index (χ2v) is 9.09. The van der Waals surface area contributed by atoms with E-state index in [0.29, 0.717) is 24.2 Å². The van der Waals surface area contributed by atoms with Crippen molar-refractivity contribution in [2.75, 3.05) is 6.54 Å². The van der Waals surface area contributed by atoms with Crippen LogP contribution in [-0.2, 0) is 0 Å². The Bertz CT molecular complexity index is 935. The van der Waals surface area contributed by atoms with Crippen molar-refractivity contribution >= 4 is 5.78 Å². The third-order valence-electron chi connectivity index (χ3n) is 7.34. The number of ketones is 1. The van der Waals surface area contributed by atoms with Gasteiger partial charge in [0.1, 0.15) is 0 Å². The summed E-state index contributed by atoms with van der Waals surface area (Å²) in [6.45, 7) is 4.64. The zero-order valence-electron chi connectivity index (χ0n) is 16.7. The number of nitrogens with zero attached hydrogens (tertiary/aromatic N) is 3. The Labute approximate surface area is 166 Å². The Balaban J connectivity index is 1.39. The maximum atomic E-state index is 13.3. The van der Waals surface area contributed by atoms with Crippen molar-refractivity contribution in [3.63, 3.8) is 0 Å². The molecule has 2 aliphatic heterocycles. The predicted molar refractivity (Wildman–Crippen MR) is 109 cm³/mol. The number of benzene rings is 1. The molecule has 2 aromatic rings. The summed E-state index contributed by atoms with van der Waals surface area (Å²) < 4.78 is 2.13. The van der Waals surface area contributed by atoms with Crippen LogP contribution in [0.2, 0.25) is 0 Å². The highest BCUT2D eigenvalue weighted by atomic mass is 16.1. The van der Waals surface area contributed by atoms with Gasteiger partial charge in [0.25, 0.3) is 0 Å². The van der Waals surface area contributed by atoms with Crippen LogP contribution in [0, 0.1) is 37.0 Å². The van der Waals surface area contributed by atoms with E-state index in [2.05, 4.69) is 15.5 Å². The van der Waals surface area contributed by atoms with Crippen molar-refractivity contribution in [2.45, 2.75) is 58.0 Å². The van der Waals surface area contributed by atoms with Gasteiger partial charge in [-0.1, -0.05) is 0 Å². The van der Waals surface area contributed by atoms with Gasteiger partial charge in [-0.15, -0.1) is 0 Å². The van der Waals surface area contributed by atoms with Gasteiger partial charge in [-0.05, 0) is 88.1 Å². The summed E-state index contributed by atoms with van der Waals surface area (Å²) in [6, 6.07) is 13.0. The Morgan fingerprint density at radius 1 is 1.04 bits per heavy atom. The molecule has 0 N–H and O–H groups in total. The van der Waals surface area contributed by atoms with Crippen LogP contribution in [0.4, 0.5) is 0 Å². The molecule has 2 saturated heterocycles. The lowest BCUT2D eigenvalue weighted by molar-refractivity contribution is -0.0537. The molecule has 6 rings (SSSR count). The summed E-state index contributed by atoms with van der Waals surface area (Å²) >= 11 is 0. The Kier molecular flexibility index (Phi) is 4.17. The quantitative estimate of drug-likeness (QED) is 0.746. The molecule has 0 unspecified atom stereocenters. The first kappa shape index (κ1) is 17.7. The van der Waals surface area contributed by atoms with Crippen molar-refractivity contribution in [3.8, 4) is 11.8 Å². The lowest BCUT2D eigenvalue weighted by atomic mass is 9.63. The molecule has 4 aliphatic rings. The van der Waals surface area contributed by atoms with E-state index in [-0.39, 0.29) is 5.78 Å². The first-order valence-corrected chi connectivity index (χ1v) is 10.5. The number of hydrogen-bond donors (Lipinski definition) is 0. The highest BCUT2D eigenvalue weighted by Crippen LogP contribution is 2.49. The fourth-order valence-corrected chi connectivity index (χ4v) is 6.26. The number of hydrogen-bond acceptors (Lipinski definition) is 3. The Morgan fingerprint density at radius 2 is 1.64 bits per heavy atom. The van der Waals surface area contributed by atoms with Gasteiger partial charge in [-0.25, -0.2) is 0 Å². The topological polar surface area (TPSA) is 49.0 Å². The molecule has 28 heavy (non-hydrogen) atoms. The van der Waals surface area contributed by atoms with Crippen LogP contribution in [0.15, 0.2) is 30.3 Å². The largest absolute Gasteiger partial charge is 0.318 e. The van der Waals surface area contributed by atoms with Gasteiger partial charge < -0.3 is 4.57 Å². The average molecular weight is 374 g/mol. The maximum absolute atomic E-state index is 13.3. The van der Waals surface area contributed by atoms with E-state index in [9.17, 15) is 4.79 Å². The summed E-state index contributed by atoms with van der Waals surface area (Å²) in [4.78, 5) is 15.8. The van der Waals surface area contributed by atoms with E-state index >= 15 is 0 Å². The zero-order chi connectivity index (χ0) is 19.4. The lowest BCUT2D eigenvalue weighted by Gasteiger charge is -2.56. The molecular formula is C24H27N3O. The number of nitriles is 1. The fourth-order valence-electron chi connectivity index (χ4n) is 6.26. The normalized spacial score (nSPS) is 28.5. The van der Waals surface area contributed by atoms with E-state index in [1.165, 1.54) is 32.1 Å². The SMILES string of the molecule is Cc1cc(C(=O)CN2[C@H]3C[C@@H]4C[C@@H](C[C@H]2C4)C3)c(C)n1-c1ccc(C#N)cc1. The molecular weight excluding hydrogens is 346 g/mol. The van der Waals surface area contributed by atoms with Gasteiger partial charge in [0.15, 0.2) is 5.78 Å². The number of Topliss-reactive ketones (excluding diaryl/α,β-unsaturated/α-hetero) is 1. The standard InChI is InChI=1S/C24H27N3O/c1-15-7-23(16(2)27(15)20-5-3-17(13-25)4-6-20)24(28)14-26-21-9-18-8-19(11-21)12-22(26)10-18/h3-7,18-19,21-22H,8-12,14H2,1-2H3/t18-,19+,21-,22+. The number of rotatable bonds is 4. The number of carbonyl (C=O) groups is 1. The highest BCUT2D eigenvalue weighted by Gasteiger charge is 2.47. The monoisotopic (exact) mass is 373 g/mol. The predicted octanol–water partition coefficient (Wildman–Crippen LogP) is 4.41. The second-order valence-electron chi connectivity index (χ2n) is 9.09. The zero-order valence-corrected chi connectivity index (χ0v) is 16.7. The maximum Gasteiger partial charge on any atom is 0.178 e. The first-order chi connectivity index (χ1) is 13.5. The summed E-state index contributed by atoms with van der Waals surface area (Å²) in [7, 11) is 0. The molecule has 2 saturated carbocycles. The molecule has 144 valence electrons. The molecule has 0 radical (unpaired) electrons. The number of carbonyl (C=O) groups excluding carboxylic acids is 1. The van der Waals surface area contributed by atoms with Crippen LogP contribution in [0.1, 0.15) is 59.4 Å². The van der Waals surface area contributed by atoms with Gasteiger partial charge in [0, 0.05) is 34.7 Å². The molecule has 2 aliphatic carbocycles. The smallest absolute Gasteiger partial charge is 0.178 e. The van der Waals surface area contributed by atoms with Crippen molar-refractivity contribution in [2.24, 2.45) is 11.8 Å². The molecule has 4 heteroatoms. The molecule has 4 bridgehead atoms. The molecule has 1 aromatic carbocycles. The van der Waals surface area contributed by atoms with Crippen LogP contribution in [0.3, 0.4) is 0 Å². The van der Waals surface area contributed by atoms with Crippen LogP contribution in [-0.4, -0.2) is 33.9 Å². The average Bonchev–Trinajstić information content (AvgIpc) is 2.98. The third kappa shape index (κ3) is 2.81. The lowest BCUT2D eigenvalue weighted by Crippen LogP contribution is -2.59. The van der Waals surface area contributed by atoms with Gasteiger partial charge in [0.05, 0.1) is 18.2 Å². The Hall–Kier alpha value is -2.38. The van der Waals surface area contributed by atoms with Crippen molar-refractivity contribution < 1.29 is 4.79 Å². The third-order valence-corrected chi connectivity index (χ3v) is 7.34. The first-order valence-electron chi connectivity index (χ1n) is 10.5. The summed E-state index contributed by atoms with van der Waals surface area (Å²) in [5, 5.41) is 9.02. The molecule has 1 aromatic heterocycles. The molecule has 3 heterocycles. The second kappa shape index (κ2) is 6.60. The van der Waals surface area contributed by atoms with E-state index in [1.54, 1.807) is 0 Å². The minimum atomic E-state index is 0.250. The van der Waals surface area contributed by atoms with Crippen molar-refractivity contribution in [3.05, 3.63) is 52.8 Å². The van der Waals surface area contributed by atoms with Gasteiger partial charge in [0.2, 0.25) is 0 Å². The number of aromatic nitrogens is 1. The van der Waals surface area contributed by atoms with E-state index in [0.717, 1.165) is 34.5 Å². The minimum Gasteiger partial charge on any atom is -0.318 e. The van der Waals surface area contributed by atoms with Crippen LogP contribution in [0.25, 0.3) is 5.69 Å². The highest BCUT2D eigenvalue weighted by molar-refractivity contribution is 5.99. The van der Waals surface area contributed by atoms with E-state index in [1.807, 2.05) is 44.2 Å². The van der Waals surface area contributed by atoms with Crippen LogP contribution < -0.4 is 0 Å². The van der Waals surface area contributed by atoms with Gasteiger partial charge in [-0.2, -0.15) is 5.26 Å². The summed E-state index contributed by atoms with van der Waals surface area (Å²) in [5.41, 5.74) is 4.55. The molecule has 0 atom stereocenters. The van der Waals surface area contributed by atoms with Crippen LogP contribution >= 0.6 is 0 Å². The molecule has 4 nitrogen and oxygen atoms in total. The molecule has 0 spiro atoms. The summed E-state index contributed by atoms with van der Waals surface area (Å²) in [6.07, 6.45) is 6.62. The Morgan fingerprint density at radius 3 is 2.21 bits per heavy atom. The van der Waals surface area contributed by atoms with Crippen molar-refractivity contribution in [1.29, 1.82) is 5.26 Å². The summed E-state index contributed by atoms with van der Waals surface area (Å²) in [5.74, 6) is 2.08. The van der Waals surface area contributed by atoms with E-state index in [4.69, 9.17) is 5.26 Å². The van der Waals surface area contributed by atoms with Gasteiger partial charge in [-0.3, -0.25) is 9.69 Å². The van der Waals surface area contributed by atoms with Crippen molar-refractivity contribution in [1.82, 2.24) is 9.47 Å². The number of aryl methyl sites for hydroxylation is 1. The fraction of sp³-hybridized carbons (Fsp3) is 0.500. The van der Waals surface area contributed by atoms with Gasteiger partial charge >= 0.3 is 0 Å². The minimum absolute atomic E-state index is 0.250. The number of piperidine rings is 2. The van der Waals surface area contributed by atoms with Crippen LogP contribution in [0.5, 0.6) is 0 Å². The molecule has 4 fully saturated rings. The van der Waals surface area contributed by atoms with E-state index < -0.39 is 0 Å². The molecule has 0 amide bonds.